The van der Waals surface area contributed by atoms with Crippen molar-refractivity contribution in [2.45, 2.75) is 32.3 Å². The van der Waals surface area contributed by atoms with E-state index in [4.69, 9.17) is 14.2 Å². The topological polar surface area (TPSA) is 39.7 Å². The first-order valence-corrected chi connectivity index (χ1v) is 6.35. The Labute approximate surface area is 112 Å². The van der Waals surface area contributed by atoms with Crippen LogP contribution in [0.5, 0.6) is 5.75 Å². The average molecular weight is 269 g/mol. The number of halogens is 1. The van der Waals surface area contributed by atoms with Crippen LogP contribution in [-0.4, -0.2) is 32.2 Å². The van der Waals surface area contributed by atoms with Gasteiger partial charge in [-0.15, -0.1) is 0 Å². The lowest BCUT2D eigenvalue weighted by molar-refractivity contribution is -0.137. The zero-order valence-corrected chi connectivity index (χ0v) is 11.5. The molecule has 0 saturated carbocycles. The molecule has 4 nitrogen and oxygen atoms in total. The number of benzene rings is 1. The molecular formula is C14H20FNO3. The second kappa shape index (κ2) is 5.86. The molecule has 0 radical (unpaired) electrons. The van der Waals surface area contributed by atoms with Crippen LogP contribution >= 0.6 is 0 Å². The summed E-state index contributed by atoms with van der Waals surface area (Å²) in [5.74, 6) is -0.583. The van der Waals surface area contributed by atoms with E-state index in [1.54, 1.807) is 6.07 Å². The third-order valence-corrected chi connectivity index (χ3v) is 2.98. The second-order valence-corrected chi connectivity index (χ2v) is 5.05. The third kappa shape index (κ3) is 3.89. The first kappa shape index (κ1) is 14.2. The molecule has 1 N–H and O–H groups in total. The van der Waals surface area contributed by atoms with Crippen LogP contribution in [0.4, 0.5) is 4.39 Å². The molecule has 19 heavy (non-hydrogen) atoms. The van der Waals surface area contributed by atoms with Gasteiger partial charge in [0, 0.05) is 13.1 Å². The van der Waals surface area contributed by atoms with Crippen molar-refractivity contribution in [3.05, 3.63) is 29.6 Å². The van der Waals surface area contributed by atoms with Crippen LogP contribution in [0.15, 0.2) is 18.2 Å². The Hall–Kier alpha value is -1.17. The predicted octanol–water partition coefficient (Wildman–Crippen LogP) is 2.08. The summed E-state index contributed by atoms with van der Waals surface area (Å²) in [6.07, 6.45) is 0.0399. The fourth-order valence-corrected chi connectivity index (χ4v) is 2.06. The molecule has 1 heterocycles. The van der Waals surface area contributed by atoms with Gasteiger partial charge in [0.1, 0.15) is 0 Å². The summed E-state index contributed by atoms with van der Waals surface area (Å²) in [6, 6.07) is 4.94. The SMILES string of the molecule is COc1ccc(CNCC2COC(C)(C)O2)cc1F. The van der Waals surface area contributed by atoms with Gasteiger partial charge >= 0.3 is 0 Å². The second-order valence-electron chi connectivity index (χ2n) is 5.05. The molecule has 0 bridgehead atoms. The van der Waals surface area contributed by atoms with Gasteiger partial charge in [0.25, 0.3) is 0 Å². The first-order valence-electron chi connectivity index (χ1n) is 6.35. The minimum atomic E-state index is -0.501. The Balaban J connectivity index is 1.78. The molecule has 1 atom stereocenters. The van der Waals surface area contributed by atoms with Crippen molar-refractivity contribution in [2.75, 3.05) is 20.3 Å². The number of nitrogens with one attached hydrogen (secondary N) is 1. The molecule has 106 valence electrons. The summed E-state index contributed by atoms with van der Waals surface area (Å²) >= 11 is 0. The van der Waals surface area contributed by atoms with Gasteiger partial charge < -0.3 is 19.5 Å². The van der Waals surface area contributed by atoms with E-state index in [1.807, 2.05) is 19.9 Å². The van der Waals surface area contributed by atoms with Gasteiger partial charge in [0.05, 0.1) is 19.8 Å². The van der Waals surface area contributed by atoms with E-state index < -0.39 is 5.79 Å². The lowest BCUT2D eigenvalue weighted by Gasteiger charge is -2.17. The summed E-state index contributed by atoms with van der Waals surface area (Å²) in [7, 11) is 1.45. The molecule has 1 aliphatic rings. The zero-order valence-electron chi connectivity index (χ0n) is 11.5. The van der Waals surface area contributed by atoms with Crippen LogP contribution < -0.4 is 10.1 Å². The third-order valence-electron chi connectivity index (χ3n) is 2.98. The molecular weight excluding hydrogens is 249 g/mol. The molecule has 5 heteroatoms. The maximum atomic E-state index is 13.5. The summed E-state index contributed by atoms with van der Waals surface area (Å²) in [6.45, 7) is 5.63. The lowest BCUT2D eigenvalue weighted by atomic mass is 10.2. The van der Waals surface area contributed by atoms with Gasteiger partial charge in [0.2, 0.25) is 0 Å². The number of rotatable bonds is 5. The number of ether oxygens (including phenoxy) is 3. The van der Waals surface area contributed by atoms with Crippen LogP contribution in [0.2, 0.25) is 0 Å². The summed E-state index contributed by atoms with van der Waals surface area (Å²) in [4.78, 5) is 0. The van der Waals surface area contributed by atoms with Gasteiger partial charge in [-0.25, -0.2) is 4.39 Å². The predicted molar refractivity (Wildman–Crippen MR) is 69.6 cm³/mol. The molecule has 1 aromatic rings. The fraction of sp³-hybridized carbons (Fsp3) is 0.571. The zero-order chi connectivity index (χ0) is 13.9. The standard InChI is InChI=1S/C14H20FNO3/c1-14(2)18-9-11(19-14)8-16-7-10-4-5-13(17-3)12(15)6-10/h4-6,11,16H,7-9H2,1-3H3. The summed E-state index contributed by atoms with van der Waals surface area (Å²) in [5, 5.41) is 3.23. The summed E-state index contributed by atoms with van der Waals surface area (Å²) < 4.78 is 29.5. The van der Waals surface area contributed by atoms with Gasteiger partial charge in [0.15, 0.2) is 17.4 Å². The molecule has 1 saturated heterocycles. The Morgan fingerprint density at radius 2 is 2.26 bits per heavy atom. The smallest absolute Gasteiger partial charge is 0.165 e. The Morgan fingerprint density at radius 3 is 2.84 bits per heavy atom. The molecule has 0 aliphatic carbocycles. The summed E-state index contributed by atoms with van der Waals surface area (Å²) in [5.41, 5.74) is 0.872. The van der Waals surface area contributed by atoms with E-state index in [1.165, 1.54) is 13.2 Å². The highest BCUT2D eigenvalue weighted by molar-refractivity contribution is 5.29. The van der Waals surface area contributed by atoms with Crippen molar-refractivity contribution in [1.29, 1.82) is 0 Å². The van der Waals surface area contributed by atoms with Crippen LogP contribution in [0, 0.1) is 5.82 Å². The number of methoxy groups -OCH3 is 1. The van der Waals surface area contributed by atoms with Gasteiger partial charge in [-0.1, -0.05) is 6.07 Å². The first-order chi connectivity index (χ1) is 9.00. The fourth-order valence-electron chi connectivity index (χ4n) is 2.06. The van der Waals surface area contributed by atoms with E-state index in [0.717, 1.165) is 5.56 Å². The number of hydrogen-bond acceptors (Lipinski definition) is 4. The van der Waals surface area contributed by atoms with E-state index in [2.05, 4.69) is 5.32 Å². The van der Waals surface area contributed by atoms with Gasteiger partial charge in [-0.2, -0.15) is 0 Å². The Morgan fingerprint density at radius 1 is 1.47 bits per heavy atom. The van der Waals surface area contributed by atoms with Crippen LogP contribution in [-0.2, 0) is 16.0 Å². The van der Waals surface area contributed by atoms with Crippen molar-refractivity contribution in [3.63, 3.8) is 0 Å². The molecule has 0 aromatic heterocycles. The van der Waals surface area contributed by atoms with Crippen molar-refractivity contribution in [2.24, 2.45) is 0 Å². The average Bonchev–Trinajstić information content (AvgIpc) is 2.69. The molecule has 2 rings (SSSR count). The molecule has 0 amide bonds. The monoisotopic (exact) mass is 269 g/mol. The molecule has 1 unspecified atom stereocenters. The highest BCUT2D eigenvalue weighted by Crippen LogP contribution is 2.22. The minimum absolute atomic E-state index is 0.0399. The van der Waals surface area contributed by atoms with Crippen LogP contribution in [0.25, 0.3) is 0 Å². The highest BCUT2D eigenvalue weighted by atomic mass is 19.1. The van der Waals surface area contributed by atoms with E-state index in [9.17, 15) is 4.39 Å². The van der Waals surface area contributed by atoms with Crippen molar-refractivity contribution in [1.82, 2.24) is 5.32 Å². The Bertz CT molecular complexity index is 437. The van der Waals surface area contributed by atoms with Crippen molar-refractivity contribution < 1.29 is 18.6 Å². The normalized spacial score (nSPS) is 21.6. The van der Waals surface area contributed by atoms with Crippen LogP contribution in [0.3, 0.4) is 0 Å². The van der Waals surface area contributed by atoms with E-state index >= 15 is 0 Å². The van der Waals surface area contributed by atoms with E-state index in [0.29, 0.717) is 19.7 Å². The minimum Gasteiger partial charge on any atom is -0.494 e. The maximum absolute atomic E-state index is 13.5. The largest absolute Gasteiger partial charge is 0.494 e. The van der Waals surface area contributed by atoms with Crippen molar-refractivity contribution >= 4 is 0 Å². The van der Waals surface area contributed by atoms with Gasteiger partial charge in [-0.3, -0.25) is 0 Å². The molecule has 1 fully saturated rings. The van der Waals surface area contributed by atoms with Crippen LogP contribution in [0.1, 0.15) is 19.4 Å². The number of hydrogen-bond donors (Lipinski definition) is 1. The van der Waals surface area contributed by atoms with Gasteiger partial charge in [-0.05, 0) is 31.5 Å². The lowest BCUT2D eigenvalue weighted by Crippen LogP contribution is -2.30. The molecule has 1 aromatic carbocycles. The molecule has 1 aliphatic heterocycles. The highest BCUT2D eigenvalue weighted by Gasteiger charge is 2.32. The van der Waals surface area contributed by atoms with Crippen molar-refractivity contribution in [3.8, 4) is 5.75 Å². The quantitative estimate of drug-likeness (QED) is 0.888. The Kier molecular flexibility index (Phi) is 4.39. The molecule has 0 spiro atoms. The maximum Gasteiger partial charge on any atom is 0.165 e. The van der Waals surface area contributed by atoms with E-state index in [-0.39, 0.29) is 17.7 Å².